The average molecular weight is 449 g/mol. The molecule has 1 fully saturated rings. The molecule has 0 radical (unpaired) electrons. The molecule has 164 valence electrons. The van der Waals surface area contributed by atoms with Gasteiger partial charge in [-0.15, -0.1) is 0 Å². The maximum atomic E-state index is 13.1. The maximum absolute atomic E-state index is 13.1. The first-order valence-corrected chi connectivity index (χ1v) is 11.9. The van der Waals surface area contributed by atoms with Gasteiger partial charge in [0.1, 0.15) is 0 Å². The van der Waals surface area contributed by atoms with Crippen LogP contribution in [-0.4, -0.2) is 55.8 Å². The van der Waals surface area contributed by atoms with Gasteiger partial charge in [0.25, 0.3) is 0 Å². The van der Waals surface area contributed by atoms with Crippen molar-refractivity contribution in [3.8, 4) is 6.07 Å². The highest BCUT2D eigenvalue weighted by atomic mass is 32.2. The van der Waals surface area contributed by atoms with Crippen LogP contribution >= 0.6 is 0 Å². The molecule has 0 spiro atoms. The number of fused-ring (bicyclic) bond motifs is 1. The van der Waals surface area contributed by atoms with Crippen molar-refractivity contribution in [1.29, 1.82) is 5.26 Å². The van der Waals surface area contributed by atoms with Crippen LogP contribution in [-0.2, 0) is 14.8 Å². The average Bonchev–Trinajstić information content (AvgIpc) is 2.83. The van der Waals surface area contributed by atoms with Gasteiger partial charge < -0.3 is 5.32 Å². The molecule has 1 amide bonds. The van der Waals surface area contributed by atoms with E-state index in [0.717, 1.165) is 10.8 Å². The first-order valence-electron chi connectivity index (χ1n) is 10.4. The number of nitrogens with one attached hydrogen (secondary N) is 1. The summed E-state index contributed by atoms with van der Waals surface area (Å²) in [5.74, 6) is -0.189. The van der Waals surface area contributed by atoms with Gasteiger partial charge in [-0.2, -0.15) is 9.57 Å². The Bertz CT molecular complexity index is 1290. The lowest BCUT2D eigenvalue weighted by atomic mass is 10.1. The van der Waals surface area contributed by atoms with Crippen molar-refractivity contribution in [2.45, 2.75) is 17.9 Å². The third kappa shape index (κ3) is 4.50. The molecule has 1 aliphatic rings. The molecule has 3 aromatic carbocycles. The molecule has 1 unspecified atom stereocenters. The lowest BCUT2D eigenvalue weighted by Gasteiger charge is -2.36. The number of nitriles is 1. The van der Waals surface area contributed by atoms with Crippen LogP contribution in [0.25, 0.3) is 10.8 Å². The van der Waals surface area contributed by atoms with Crippen LogP contribution in [0, 0.1) is 11.3 Å². The monoisotopic (exact) mass is 448 g/mol. The van der Waals surface area contributed by atoms with E-state index < -0.39 is 16.1 Å². The second-order valence-corrected chi connectivity index (χ2v) is 9.74. The number of nitrogens with zero attached hydrogens (tertiary/aromatic N) is 3. The first kappa shape index (κ1) is 22.0. The number of piperazine rings is 1. The first-order chi connectivity index (χ1) is 15.4. The van der Waals surface area contributed by atoms with Crippen LogP contribution in [0.5, 0.6) is 0 Å². The Balaban J connectivity index is 1.40. The van der Waals surface area contributed by atoms with Crippen molar-refractivity contribution in [2.75, 3.05) is 31.5 Å². The molecule has 1 atom stereocenters. The van der Waals surface area contributed by atoms with Crippen LogP contribution in [0.3, 0.4) is 0 Å². The zero-order valence-electron chi connectivity index (χ0n) is 17.7. The molecule has 1 N–H and O–H groups in total. The number of hydrogen-bond acceptors (Lipinski definition) is 5. The van der Waals surface area contributed by atoms with Gasteiger partial charge in [-0.3, -0.25) is 9.69 Å². The third-order valence-corrected chi connectivity index (χ3v) is 7.71. The summed E-state index contributed by atoms with van der Waals surface area (Å²) in [6.45, 7) is 3.35. The van der Waals surface area contributed by atoms with E-state index in [4.69, 9.17) is 5.26 Å². The topological polar surface area (TPSA) is 93.5 Å². The summed E-state index contributed by atoms with van der Waals surface area (Å²) in [5, 5.41) is 13.7. The molecular weight excluding hydrogens is 424 g/mol. The molecule has 4 rings (SSSR count). The number of carbonyl (C=O) groups is 1. The smallest absolute Gasteiger partial charge is 0.243 e. The van der Waals surface area contributed by atoms with E-state index in [1.54, 1.807) is 43.3 Å². The van der Waals surface area contributed by atoms with E-state index in [1.807, 2.05) is 35.2 Å². The highest BCUT2D eigenvalue weighted by Crippen LogP contribution is 2.23. The molecule has 0 aromatic heterocycles. The summed E-state index contributed by atoms with van der Waals surface area (Å²) in [7, 11) is -3.60. The minimum absolute atomic E-state index is 0.189. The molecule has 1 heterocycles. The summed E-state index contributed by atoms with van der Waals surface area (Å²) in [6, 6.07) is 21.2. The number of benzene rings is 3. The summed E-state index contributed by atoms with van der Waals surface area (Å²) in [4.78, 5) is 14.9. The second-order valence-electron chi connectivity index (χ2n) is 7.81. The highest BCUT2D eigenvalue weighted by molar-refractivity contribution is 7.89. The maximum Gasteiger partial charge on any atom is 0.243 e. The van der Waals surface area contributed by atoms with E-state index in [-0.39, 0.29) is 10.8 Å². The fourth-order valence-corrected chi connectivity index (χ4v) is 5.35. The van der Waals surface area contributed by atoms with E-state index in [1.165, 1.54) is 4.31 Å². The van der Waals surface area contributed by atoms with Gasteiger partial charge in [0, 0.05) is 31.9 Å². The molecule has 3 aromatic rings. The molecule has 1 aliphatic heterocycles. The van der Waals surface area contributed by atoms with E-state index >= 15 is 0 Å². The van der Waals surface area contributed by atoms with Crippen LogP contribution in [0.1, 0.15) is 12.5 Å². The zero-order valence-corrected chi connectivity index (χ0v) is 18.5. The van der Waals surface area contributed by atoms with E-state index in [0.29, 0.717) is 37.4 Å². The van der Waals surface area contributed by atoms with Gasteiger partial charge in [0.05, 0.1) is 22.6 Å². The molecule has 8 heteroatoms. The van der Waals surface area contributed by atoms with Crippen molar-refractivity contribution >= 4 is 32.4 Å². The van der Waals surface area contributed by atoms with Crippen molar-refractivity contribution in [2.24, 2.45) is 0 Å². The fraction of sp³-hybridized carbons (Fsp3) is 0.250. The lowest BCUT2D eigenvalue weighted by Crippen LogP contribution is -2.53. The van der Waals surface area contributed by atoms with Gasteiger partial charge in [-0.25, -0.2) is 8.42 Å². The standard InChI is InChI=1S/C24H24N4O3S/c1-18(24(29)26-22-8-4-5-19(15-22)17-25)27-11-13-28(14-12-27)32(30,31)23-10-9-20-6-2-3-7-21(20)16-23/h2-10,15-16,18H,11-14H2,1H3,(H,26,29). The Morgan fingerprint density at radius 2 is 1.69 bits per heavy atom. The van der Waals surface area contributed by atoms with E-state index in [2.05, 4.69) is 11.4 Å². The normalized spacial score (nSPS) is 16.4. The molecule has 1 saturated heterocycles. The number of sulfonamides is 1. The SMILES string of the molecule is CC(C(=O)Nc1cccc(C#N)c1)N1CCN(S(=O)(=O)c2ccc3ccccc3c2)CC1. The number of hydrogen-bond donors (Lipinski definition) is 1. The Labute approximate surface area is 187 Å². The fourth-order valence-electron chi connectivity index (χ4n) is 3.89. The predicted octanol–water partition coefficient (Wildman–Crippen LogP) is 3.04. The highest BCUT2D eigenvalue weighted by Gasteiger charge is 2.32. The largest absolute Gasteiger partial charge is 0.325 e. The molecular formula is C24H24N4O3S. The molecule has 0 bridgehead atoms. The Morgan fingerprint density at radius 1 is 0.969 bits per heavy atom. The van der Waals surface area contributed by atoms with Gasteiger partial charge >= 0.3 is 0 Å². The predicted molar refractivity (Wildman–Crippen MR) is 124 cm³/mol. The number of amides is 1. The van der Waals surface area contributed by atoms with Crippen LogP contribution in [0.4, 0.5) is 5.69 Å². The third-order valence-electron chi connectivity index (χ3n) is 5.82. The number of rotatable bonds is 5. The summed E-state index contributed by atoms with van der Waals surface area (Å²) in [5.41, 5.74) is 1.04. The summed E-state index contributed by atoms with van der Waals surface area (Å²) >= 11 is 0. The second kappa shape index (κ2) is 9.09. The molecule has 32 heavy (non-hydrogen) atoms. The molecule has 7 nitrogen and oxygen atoms in total. The van der Waals surface area contributed by atoms with E-state index in [9.17, 15) is 13.2 Å². The quantitative estimate of drug-likeness (QED) is 0.648. The minimum Gasteiger partial charge on any atom is -0.325 e. The Morgan fingerprint density at radius 3 is 2.41 bits per heavy atom. The van der Waals surface area contributed by atoms with Crippen molar-refractivity contribution in [3.63, 3.8) is 0 Å². The zero-order chi connectivity index (χ0) is 22.7. The van der Waals surface area contributed by atoms with Crippen LogP contribution in [0.15, 0.2) is 71.6 Å². The van der Waals surface area contributed by atoms with Gasteiger partial charge in [-0.05, 0) is 48.0 Å². The summed E-state index contributed by atoms with van der Waals surface area (Å²) < 4.78 is 27.8. The Hall–Kier alpha value is -3.25. The van der Waals surface area contributed by atoms with Gasteiger partial charge in [0.2, 0.25) is 15.9 Å². The number of carbonyl (C=O) groups excluding carboxylic acids is 1. The molecule has 0 aliphatic carbocycles. The number of anilines is 1. The van der Waals surface area contributed by atoms with Crippen LogP contribution in [0.2, 0.25) is 0 Å². The molecule has 0 saturated carbocycles. The Kier molecular flexibility index (Phi) is 6.24. The minimum atomic E-state index is -3.60. The van der Waals surface area contributed by atoms with Crippen molar-refractivity contribution in [1.82, 2.24) is 9.21 Å². The summed E-state index contributed by atoms with van der Waals surface area (Å²) in [6.07, 6.45) is 0. The van der Waals surface area contributed by atoms with Crippen LogP contribution < -0.4 is 5.32 Å². The van der Waals surface area contributed by atoms with Gasteiger partial charge in [0.15, 0.2) is 0 Å². The van der Waals surface area contributed by atoms with Crippen molar-refractivity contribution < 1.29 is 13.2 Å². The van der Waals surface area contributed by atoms with Gasteiger partial charge in [-0.1, -0.05) is 36.4 Å². The van der Waals surface area contributed by atoms with Crippen molar-refractivity contribution in [3.05, 3.63) is 72.3 Å². The lowest BCUT2D eigenvalue weighted by molar-refractivity contribution is -0.121.